The first-order valence-electron chi connectivity index (χ1n) is 4.23. The van der Waals surface area contributed by atoms with Crippen LogP contribution in [-0.4, -0.2) is 8.41 Å². The van der Waals surface area contributed by atoms with Gasteiger partial charge < -0.3 is 0 Å². The average molecular weight is 139 g/mol. The first-order chi connectivity index (χ1) is 4.23. The Morgan fingerprint density at radius 3 is 0.900 bits per heavy atom. The summed E-state index contributed by atoms with van der Waals surface area (Å²) in [7, 11) is 0. The fourth-order valence-corrected chi connectivity index (χ4v) is 0.884. The van der Waals surface area contributed by atoms with Gasteiger partial charge in [0.25, 0.3) is 0 Å². The Kier molecular flexibility index (Phi) is 11.5. The third-order valence-corrected chi connectivity index (χ3v) is 1.25. The second-order valence-electron chi connectivity index (χ2n) is 3.50. The highest BCUT2D eigenvalue weighted by atomic mass is 14.0. The molecule has 10 heavy (non-hydrogen) atoms. The third kappa shape index (κ3) is 15.7. The maximum absolute atomic E-state index is 2.17. The molecule has 0 N–H and O–H groups in total. The zero-order valence-electron chi connectivity index (χ0n) is 7.69. The molecule has 0 atom stereocenters. The fraction of sp³-hybridized carbons (Fsp3) is 1.00. The fourth-order valence-electron chi connectivity index (χ4n) is 0.884. The SMILES string of the molecule is C1CCCC1.CC(C)C.[B]. The molecule has 1 aliphatic carbocycles. The Morgan fingerprint density at radius 2 is 0.800 bits per heavy atom. The van der Waals surface area contributed by atoms with E-state index >= 15 is 0 Å². The van der Waals surface area contributed by atoms with Gasteiger partial charge in [-0.25, -0.2) is 0 Å². The van der Waals surface area contributed by atoms with E-state index in [1.165, 1.54) is 32.1 Å². The topological polar surface area (TPSA) is 0 Å². The first kappa shape index (κ1) is 12.7. The summed E-state index contributed by atoms with van der Waals surface area (Å²) in [5, 5.41) is 0. The van der Waals surface area contributed by atoms with Gasteiger partial charge in [0, 0.05) is 8.41 Å². The minimum Gasteiger partial charge on any atom is -0.0630 e. The van der Waals surface area contributed by atoms with Gasteiger partial charge in [0.2, 0.25) is 0 Å². The molecule has 0 saturated heterocycles. The third-order valence-electron chi connectivity index (χ3n) is 1.25. The van der Waals surface area contributed by atoms with Crippen LogP contribution in [0, 0.1) is 5.92 Å². The average Bonchev–Trinajstić information content (AvgIpc) is 2.11. The molecule has 0 aromatic rings. The summed E-state index contributed by atoms with van der Waals surface area (Å²) in [6, 6.07) is 0. The maximum Gasteiger partial charge on any atom is 0 e. The molecule has 0 aliphatic heterocycles. The summed E-state index contributed by atoms with van der Waals surface area (Å²) >= 11 is 0. The normalized spacial score (nSPS) is 15.6. The minimum atomic E-state index is 0. The van der Waals surface area contributed by atoms with E-state index in [9.17, 15) is 0 Å². The lowest BCUT2D eigenvalue weighted by Gasteiger charge is -1.79. The van der Waals surface area contributed by atoms with E-state index in [0.29, 0.717) is 0 Å². The highest BCUT2D eigenvalue weighted by molar-refractivity contribution is 5.75. The summed E-state index contributed by atoms with van der Waals surface area (Å²) in [6.45, 7) is 6.50. The predicted octanol–water partition coefficient (Wildman–Crippen LogP) is 3.23. The van der Waals surface area contributed by atoms with Crippen molar-refractivity contribution in [3.8, 4) is 0 Å². The Bertz CT molecular complexity index is 36.3. The molecule has 0 bridgehead atoms. The highest BCUT2D eigenvalue weighted by Gasteiger charge is 1.95. The lowest BCUT2D eigenvalue weighted by molar-refractivity contribution is 0.737. The van der Waals surface area contributed by atoms with Crippen molar-refractivity contribution < 1.29 is 0 Å². The lowest BCUT2D eigenvalue weighted by atomic mass is 10.3. The van der Waals surface area contributed by atoms with Crippen LogP contribution in [0.4, 0.5) is 0 Å². The molecule has 0 aromatic heterocycles. The van der Waals surface area contributed by atoms with E-state index in [1.54, 1.807) is 0 Å². The number of rotatable bonds is 0. The molecule has 0 unspecified atom stereocenters. The maximum atomic E-state index is 2.17. The number of hydrogen-bond donors (Lipinski definition) is 0. The van der Waals surface area contributed by atoms with Crippen LogP contribution >= 0.6 is 0 Å². The van der Waals surface area contributed by atoms with Crippen LogP contribution < -0.4 is 0 Å². The van der Waals surface area contributed by atoms with E-state index in [4.69, 9.17) is 0 Å². The zero-order chi connectivity index (χ0) is 7.11. The molecular formula is C9H20B. The van der Waals surface area contributed by atoms with Crippen molar-refractivity contribution in [2.75, 3.05) is 0 Å². The Labute approximate surface area is 68.0 Å². The summed E-state index contributed by atoms with van der Waals surface area (Å²) in [5.41, 5.74) is 0. The molecule has 0 nitrogen and oxygen atoms in total. The van der Waals surface area contributed by atoms with Gasteiger partial charge in [0.1, 0.15) is 0 Å². The Balaban J connectivity index is 0. The second-order valence-corrected chi connectivity index (χ2v) is 3.50. The van der Waals surface area contributed by atoms with Crippen LogP contribution in [0.5, 0.6) is 0 Å². The van der Waals surface area contributed by atoms with Gasteiger partial charge in [-0.05, 0) is 5.92 Å². The minimum absolute atomic E-state index is 0. The number of hydrogen-bond acceptors (Lipinski definition) is 0. The molecule has 1 saturated carbocycles. The Hall–Kier alpha value is 0.0649. The predicted molar refractivity (Wildman–Crippen MR) is 49.4 cm³/mol. The van der Waals surface area contributed by atoms with Crippen molar-refractivity contribution in [2.45, 2.75) is 52.9 Å². The largest absolute Gasteiger partial charge is 0.0630 e. The monoisotopic (exact) mass is 139 g/mol. The zero-order valence-corrected chi connectivity index (χ0v) is 7.69. The van der Waals surface area contributed by atoms with Crippen molar-refractivity contribution >= 4 is 8.41 Å². The van der Waals surface area contributed by atoms with Crippen LogP contribution in [0.1, 0.15) is 52.9 Å². The van der Waals surface area contributed by atoms with Gasteiger partial charge in [0.15, 0.2) is 0 Å². The highest BCUT2D eigenvalue weighted by Crippen LogP contribution is 2.15. The van der Waals surface area contributed by atoms with Crippen LogP contribution in [0.2, 0.25) is 0 Å². The first-order valence-corrected chi connectivity index (χ1v) is 4.23. The lowest BCUT2D eigenvalue weighted by Crippen LogP contribution is -1.66. The quantitative estimate of drug-likeness (QED) is 0.452. The van der Waals surface area contributed by atoms with Crippen LogP contribution in [-0.2, 0) is 0 Å². The molecule has 1 aliphatic rings. The van der Waals surface area contributed by atoms with Crippen LogP contribution in [0.3, 0.4) is 0 Å². The van der Waals surface area contributed by atoms with Crippen molar-refractivity contribution in [2.24, 2.45) is 5.92 Å². The smallest absolute Gasteiger partial charge is 0 e. The van der Waals surface area contributed by atoms with Gasteiger partial charge in [-0.15, -0.1) is 0 Å². The molecule has 0 amide bonds. The van der Waals surface area contributed by atoms with Gasteiger partial charge in [-0.1, -0.05) is 52.9 Å². The molecule has 0 spiro atoms. The molecule has 1 fully saturated rings. The van der Waals surface area contributed by atoms with Crippen molar-refractivity contribution in [3.63, 3.8) is 0 Å². The molecule has 1 rings (SSSR count). The van der Waals surface area contributed by atoms with E-state index in [0.717, 1.165) is 5.92 Å². The van der Waals surface area contributed by atoms with Gasteiger partial charge in [-0.3, -0.25) is 0 Å². The van der Waals surface area contributed by atoms with Crippen molar-refractivity contribution in [1.82, 2.24) is 0 Å². The molecule has 1 heteroatoms. The second kappa shape index (κ2) is 9.06. The molecule has 3 radical (unpaired) electrons. The molecule has 0 heterocycles. The standard InChI is InChI=1S/C5H10.C4H10.B/c1-2-4-5-3-1;1-4(2)3;/h1-5H2;4H,1-3H3;. The summed E-state index contributed by atoms with van der Waals surface area (Å²) in [6.07, 6.45) is 7.50. The van der Waals surface area contributed by atoms with E-state index in [-0.39, 0.29) is 8.41 Å². The van der Waals surface area contributed by atoms with Crippen molar-refractivity contribution in [1.29, 1.82) is 0 Å². The summed E-state index contributed by atoms with van der Waals surface area (Å²) in [5.74, 6) is 0.833. The van der Waals surface area contributed by atoms with Gasteiger partial charge in [0.05, 0.1) is 0 Å². The van der Waals surface area contributed by atoms with E-state index in [1.807, 2.05) is 0 Å². The van der Waals surface area contributed by atoms with Crippen LogP contribution in [0.25, 0.3) is 0 Å². The molecular weight excluding hydrogens is 119 g/mol. The Morgan fingerprint density at radius 1 is 0.700 bits per heavy atom. The summed E-state index contributed by atoms with van der Waals surface area (Å²) in [4.78, 5) is 0. The summed E-state index contributed by atoms with van der Waals surface area (Å²) < 4.78 is 0. The van der Waals surface area contributed by atoms with Crippen molar-refractivity contribution in [3.05, 3.63) is 0 Å². The molecule has 0 aromatic carbocycles. The van der Waals surface area contributed by atoms with Gasteiger partial charge >= 0.3 is 0 Å². The van der Waals surface area contributed by atoms with E-state index < -0.39 is 0 Å². The van der Waals surface area contributed by atoms with E-state index in [2.05, 4.69) is 20.8 Å². The molecule has 59 valence electrons. The van der Waals surface area contributed by atoms with Crippen LogP contribution in [0.15, 0.2) is 0 Å². The van der Waals surface area contributed by atoms with Gasteiger partial charge in [-0.2, -0.15) is 0 Å².